The van der Waals surface area contributed by atoms with Crippen LogP contribution in [0.25, 0.3) is 6.08 Å². The van der Waals surface area contributed by atoms with Crippen LogP contribution in [0.4, 0.5) is 11.4 Å². The van der Waals surface area contributed by atoms with Crippen molar-refractivity contribution in [3.63, 3.8) is 0 Å². The molecule has 0 atom stereocenters. The number of thioether (sulfide) groups is 1. The third-order valence-corrected chi connectivity index (χ3v) is 7.49. The van der Waals surface area contributed by atoms with Crippen LogP contribution in [0.2, 0.25) is 0 Å². The van der Waals surface area contributed by atoms with Gasteiger partial charge in [-0.25, -0.2) is 4.99 Å². The van der Waals surface area contributed by atoms with Crippen LogP contribution in [0, 0.1) is 10.1 Å². The van der Waals surface area contributed by atoms with E-state index in [1.54, 1.807) is 19.1 Å². The molecule has 1 aliphatic heterocycles. The minimum Gasteiger partial charge on any atom is -0.490 e. The van der Waals surface area contributed by atoms with Crippen molar-refractivity contribution in [2.45, 2.75) is 11.8 Å². The minimum atomic E-state index is -4.43. The minimum absolute atomic E-state index is 0.0966. The lowest BCUT2D eigenvalue weighted by atomic mass is 10.2. The van der Waals surface area contributed by atoms with E-state index in [2.05, 4.69) is 26.2 Å². The van der Waals surface area contributed by atoms with Gasteiger partial charge in [-0.3, -0.25) is 14.9 Å². The highest BCUT2D eigenvalue weighted by molar-refractivity contribution is 9.10. The van der Waals surface area contributed by atoms with Gasteiger partial charge >= 0.3 is 10.1 Å². The number of amidine groups is 1. The van der Waals surface area contributed by atoms with Gasteiger partial charge < -0.3 is 14.2 Å². The first-order valence-corrected chi connectivity index (χ1v) is 13.7. The van der Waals surface area contributed by atoms with Crippen LogP contribution in [-0.4, -0.2) is 31.0 Å². The van der Waals surface area contributed by atoms with Gasteiger partial charge in [-0.15, -0.1) is 0 Å². The zero-order valence-corrected chi connectivity index (χ0v) is 22.3. The van der Waals surface area contributed by atoms with E-state index < -0.39 is 20.7 Å². The zero-order valence-electron chi connectivity index (χ0n) is 19.1. The lowest BCUT2D eigenvalue weighted by molar-refractivity contribution is -0.385. The first-order valence-electron chi connectivity index (χ1n) is 10.7. The van der Waals surface area contributed by atoms with Crippen LogP contribution >= 0.6 is 27.7 Å². The van der Waals surface area contributed by atoms with Gasteiger partial charge in [0.2, 0.25) is 0 Å². The number of non-ortho nitro benzene ring substituents is 1. The summed E-state index contributed by atoms with van der Waals surface area (Å²) in [5.74, 6) is -0.369. The number of amides is 1. The summed E-state index contributed by atoms with van der Waals surface area (Å²) in [6.07, 6.45) is 1.61. The number of carbonyl (C=O) groups excluding carboxylic acids is 1. The molecule has 0 aromatic heterocycles. The lowest BCUT2D eigenvalue weighted by Crippen LogP contribution is -2.19. The Bertz CT molecular complexity index is 1540. The number of nitrogens with zero attached hydrogens (tertiary/aromatic N) is 2. The number of hydrogen-bond donors (Lipinski definition) is 1. The molecule has 4 rings (SSSR count). The van der Waals surface area contributed by atoms with E-state index in [-0.39, 0.29) is 33.4 Å². The molecule has 1 N–H and O–H groups in total. The van der Waals surface area contributed by atoms with Gasteiger partial charge in [0.1, 0.15) is 4.90 Å². The Hall–Kier alpha value is -3.68. The summed E-state index contributed by atoms with van der Waals surface area (Å²) in [4.78, 5) is 27.2. The molecule has 0 aliphatic carbocycles. The summed E-state index contributed by atoms with van der Waals surface area (Å²) in [5.41, 5.74) is 0.840. The number of nitro benzene ring substituents is 1. The third kappa shape index (κ3) is 6.37. The van der Waals surface area contributed by atoms with Crippen LogP contribution in [0.1, 0.15) is 12.5 Å². The van der Waals surface area contributed by atoms with Crippen LogP contribution in [0.15, 0.2) is 86.0 Å². The smallest absolute Gasteiger partial charge is 0.339 e. The van der Waals surface area contributed by atoms with E-state index >= 15 is 0 Å². The molecule has 0 radical (unpaired) electrons. The number of nitro groups is 1. The Morgan fingerprint density at radius 2 is 1.89 bits per heavy atom. The number of halogens is 1. The predicted octanol–water partition coefficient (Wildman–Crippen LogP) is 5.42. The van der Waals surface area contributed by atoms with Gasteiger partial charge in [0.15, 0.2) is 16.7 Å². The number of aliphatic imine (C=N–C) groups is 1. The summed E-state index contributed by atoms with van der Waals surface area (Å²) in [7, 11) is -4.43. The molecule has 13 heteroatoms. The van der Waals surface area contributed by atoms with Crippen molar-refractivity contribution < 1.29 is 27.1 Å². The highest BCUT2D eigenvalue weighted by Crippen LogP contribution is 2.40. The standard InChI is InChI=1S/C24H18BrN3O7S2/c1-2-34-20-12-15(13-21-23(29)27-24(36-21)26-16-7-4-3-5-8-16)11-19(25)22(20)35-37(32,33)18-10-6-9-17(14-18)28(30)31/h3-14H,2H2,1H3,(H,26,27,29)/b21-13-. The fraction of sp³-hybridized carbons (Fsp3) is 0.0833. The zero-order chi connectivity index (χ0) is 26.6. The van der Waals surface area contributed by atoms with Gasteiger partial charge in [-0.2, -0.15) is 8.42 Å². The van der Waals surface area contributed by atoms with Crippen LogP contribution in [0.3, 0.4) is 0 Å². The number of carbonyl (C=O) groups is 1. The molecule has 0 bridgehead atoms. The first-order chi connectivity index (χ1) is 17.7. The first kappa shape index (κ1) is 26.4. The normalized spacial score (nSPS) is 15.6. The van der Waals surface area contributed by atoms with Gasteiger partial charge in [-0.05, 0) is 76.6 Å². The second-order valence-corrected chi connectivity index (χ2v) is 10.8. The molecule has 190 valence electrons. The Balaban J connectivity index is 1.64. The van der Waals surface area contributed by atoms with Gasteiger partial charge in [0, 0.05) is 12.1 Å². The Morgan fingerprint density at radius 1 is 1.14 bits per heavy atom. The largest absolute Gasteiger partial charge is 0.490 e. The Labute approximate surface area is 224 Å². The van der Waals surface area contributed by atoms with Gasteiger partial charge in [0.05, 0.1) is 26.6 Å². The maximum Gasteiger partial charge on any atom is 0.339 e. The molecule has 3 aromatic carbocycles. The van der Waals surface area contributed by atoms with Crippen molar-refractivity contribution in [3.8, 4) is 11.5 Å². The summed E-state index contributed by atoms with van der Waals surface area (Å²) >= 11 is 4.47. The Kier molecular flexibility index (Phi) is 7.95. The number of nitrogens with one attached hydrogen (secondary N) is 1. The number of ether oxygens (including phenoxy) is 1. The van der Waals surface area contributed by atoms with E-state index in [1.165, 1.54) is 24.3 Å². The number of para-hydroxylation sites is 1. The second-order valence-electron chi connectivity index (χ2n) is 7.37. The molecule has 1 aliphatic rings. The topological polar surface area (TPSA) is 137 Å². The Morgan fingerprint density at radius 3 is 2.59 bits per heavy atom. The molecule has 1 fully saturated rings. The number of rotatable bonds is 8. The van der Waals surface area contributed by atoms with Crippen molar-refractivity contribution in [1.29, 1.82) is 0 Å². The van der Waals surface area contributed by atoms with Crippen LogP contribution in [-0.2, 0) is 14.9 Å². The van der Waals surface area contributed by atoms with E-state index in [9.17, 15) is 23.3 Å². The van der Waals surface area contributed by atoms with Gasteiger partial charge in [-0.1, -0.05) is 24.3 Å². The van der Waals surface area contributed by atoms with E-state index in [0.717, 1.165) is 17.8 Å². The molecule has 0 unspecified atom stereocenters. The molecule has 1 amide bonds. The van der Waals surface area contributed by atoms with Crippen molar-refractivity contribution in [2.75, 3.05) is 6.61 Å². The molecule has 0 spiro atoms. The number of benzene rings is 3. The average molecular weight is 604 g/mol. The predicted molar refractivity (Wildman–Crippen MR) is 143 cm³/mol. The summed E-state index contributed by atoms with van der Waals surface area (Å²) < 4.78 is 36.9. The highest BCUT2D eigenvalue weighted by atomic mass is 79.9. The molecular weight excluding hydrogens is 586 g/mol. The van der Waals surface area contributed by atoms with E-state index in [1.807, 2.05) is 30.3 Å². The molecule has 1 heterocycles. The highest BCUT2D eigenvalue weighted by Gasteiger charge is 2.26. The van der Waals surface area contributed by atoms with Crippen molar-refractivity contribution in [3.05, 3.63) is 91.8 Å². The SMILES string of the molecule is CCOc1cc(/C=C2\SC(=Nc3ccccc3)NC2=O)cc(Br)c1OS(=O)(=O)c1cccc([N+](=O)[O-])c1. The molecule has 10 nitrogen and oxygen atoms in total. The maximum atomic E-state index is 12.9. The van der Waals surface area contributed by atoms with Crippen molar-refractivity contribution >= 4 is 66.3 Å². The monoisotopic (exact) mass is 603 g/mol. The second kappa shape index (κ2) is 11.2. The molecular formula is C24H18BrN3O7S2. The fourth-order valence-electron chi connectivity index (χ4n) is 3.18. The maximum absolute atomic E-state index is 12.9. The third-order valence-electron chi connectivity index (χ3n) is 4.78. The van der Waals surface area contributed by atoms with Crippen LogP contribution in [0.5, 0.6) is 11.5 Å². The van der Waals surface area contributed by atoms with Gasteiger partial charge in [0.25, 0.3) is 11.6 Å². The lowest BCUT2D eigenvalue weighted by Gasteiger charge is -2.14. The number of hydrogen-bond acceptors (Lipinski definition) is 9. The fourth-order valence-corrected chi connectivity index (χ4v) is 5.66. The van der Waals surface area contributed by atoms with Crippen LogP contribution < -0.4 is 14.2 Å². The summed E-state index contributed by atoms with van der Waals surface area (Å²) in [6.45, 7) is 1.91. The van der Waals surface area contributed by atoms with E-state index in [4.69, 9.17) is 8.92 Å². The average Bonchev–Trinajstić information content (AvgIpc) is 3.20. The molecule has 37 heavy (non-hydrogen) atoms. The quantitative estimate of drug-likeness (QED) is 0.156. The molecule has 1 saturated heterocycles. The molecule has 0 saturated carbocycles. The summed E-state index contributed by atoms with van der Waals surface area (Å²) in [6, 6.07) is 16.8. The van der Waals surface area contributed by atoms with E-state index in [0.29, 0.717) is 21.3 Å². The summed E-state index contributed by atoms with van der Waals surface area (Å²) in [5, 5.41) is 14.2. The molecule has 3 aromatic rings. The van der Waals surface area contributed by atoms with Crippen molar-refractivity contribution in [2.24, 2.45) is 4.99 Å². The van der Waals surface area contributed by atoms with Crippen molar-refractivity contribution in [1.82, 2.24) is 5.32 Å².